The maximum Gasteiger partial charge on any atom is 0.237 e. The fourth-order valence-electron chi connectivity index (χ4n) is 3.83. The number of benzene rings is 1. The van der Waals surface area contributed by atoms with Crippen LogP contribution in [0, 0.1) is 12.7 Å². The largest absolute Gasteiger partial charge is 0.385 e. The number of halogens is 2. The van der Waals surface area contributed by atoms with Gasteiger partial charge in [0, 0.05) is 52.0 Å². The van der Waals surface area contributed by atoms with Crippen molar-refractivity contribution in [3.63, 3.8) is 0 Å². The molecule has 2 aromatic rings. The van der Waals surface area contributed by atoms with Crippen LogP contribution in [-0.2, 0) is 16.1 Å². The molecule has 31 heavy (non-hydrogen) atoms. The van der Waals surface area contributed by atoms with Crippen molar-refractivity contribution in [3.8, 4) is 5.69 Å². The van der Waals surface area contributed by atoms with E-state index in [1.54, 1.807) is 22.8 Å². The van der Waals surface area contributed by atoms with Gasteiger partial charge in [0.1, 0.15) is 17.5 Å². The first-order chi connectivity index (χ1) is 14.9. The van der Waals surface area contributed by atoms with Gasteiger partial charge in [-0.2, -0.15) is 5.10 Å². The van der Waals surface area contributed by atoms with E-state index in [0.717, 1.165) is 49.7 Å². The minimum absolute atomic E-state index is 0.0755. The Kier molecular flexibility index (Phi) is 8.28. The molecule has 0 saturated carbocycles. The Morgan fingerprint density at radius 2 is 2.03 bits per heavy atom. The summed E-state index contributed by atoms with van der Waals surface area (Å²) in [6.07, 6.45) is 0.722. The molecule has 170 valence electrons. The fourth-order valence-corrected chi connectivity index (χ4v) is 4.00. The maximum atomic E-state index is 14.0. The lowest BCUT2D eigenvalue weighted by Gasteiger charge is -2.35. The third kappa shape index (κ3) is 5.75. The SMILES string of the molecule is COCCCN(Cc1c(C)nn(-c2cccc(F)c2)c1N1CCN(C)CC1)C(=O)CCl. The number of aromatic nitrogens is 2. The third-order valence-electron chi connectivity index (χ3n) is 5.61. The molecule has 1 fully saturated rings. The third-order valence-corrected chi connectivity index (χ3v) is 5.83. The molecule has 0 N–H and O–H groups in total. The molecule has 2 heterocycles. The number of nitrogens with zero attached hydrogens (tertiary/aromatic N) is 5. The van der Waals surface area contributed by atoms with Crippen LogP contribution in [0.15, 0.2) is 24.3 Å². The number of ether oxygens (including phenoxy) is 1. The van der Waals surface area contributed by atoms with Gasteiger partial charge in [-0.25, -0.2) is 9.07 Å². The predicted molar refractivity (Wildman–Crippen MR) is 121 cm³/mol. The van der Waals surface area contributed by atoms with Crippen molar-refractivity contribution >= 4 is 23.3 Å². The first kappa shape index (κ1) is 23.5. The monoisotopic (exact) mass is 451 g/mol. The molecular weight excluding hydrogens is 421 g/mol. The molecule has 1 amide bonds. The number of piperazine rings is 1. The molecular formula is C22H31ClFN5O2. The maximum absolute atomic E-state index is 14.0. The summed E-state index contributed by atoms with van der Waals surface area (Å²) < 4.78 is 20.9. The highest BCUT2D eigenvalue weighted by Gasteiger charge is 2.27. The van der Waals surface area contributed by atoms with E-state index in [4.69, 9.17) is 21.4 Å². The molecule has 1 aromatic heterocycles. The quantitative estimate of drug-likeness (QED) is 0.433. The number of carbonyl (C=O) groups excluding carboxylic acids is 1. The zero-order chi connectivity index (χ0) is 22.4. The molecule has 1 aromatic carbocycles. The van der Waals surface area contributed by atoms with Crippen molar-refractivity contribution in [2.45, 2.75) is 19.9 Å². The number of aryl methyl sites for hydroxylation is 1. The number of hydrogen-bond donors (Lipinski definition) is 0. The zero-order valence-corrected chi connectivity index (χ0v) is 19.2. The molecule has 3 rings (SSSR count). The fraction of sp³-hybridized carbons (Fsp3) is 0.545. The second-order valence-corrected chi connectivity index (χ2v) is 8.13. The summed E-state index contributed by atoms with van der Waals surface area (Å²) in [6, 6.07) is 6.44. The highest BCUT2D eigenvalue weighted by atomic mass is 35.5. The number of rotatable bonds is 9. The Morgan fingerprint density at radius 1 is 1.29 bits per heavy atom. The van der Waals surface area contributed by atoms with Crippen LogP contribution in [0.1, 0.15) is 17.7 Å². The molecule has 0 unspecified atom stereocenters. The van der Waals surface area contributed by atoms with Gasteiger partial charge in [0.2, 0.25) is 5.91 Å². The van der Waals surface area contributed by atoms with Gasteiger partial charge in [-0.05, 0) is 38.6 Å². The van der Waals surface area contributed by atoms with E-state index in [-0.39, 0.29) is 17.6 Å². The number of anilines is 1. The molecule has 9 heteroatoms. The van der Waals surface area contributed by atoms with Crippen molar-refractivity contribution < 1.29 is 13.9 Å². The zero-order valence-electron chi connectivity index (χ0n) is 18.5. The van der Waals surface area contributed by atoms with Crippen LogP contribution in [0.3, 0.4) is 0 Å². The van der Waals surface area contributed by atoms with Crippen molar-refractivity contribution in [2.75, 3.05) is 64.3 Å². The van der Waals surface area contributed by atoms with Gasteiger partial charge in [0.25, 0.3) is 0 Å². The summed E-state index contributed by atoms with van der Waals surface area (Å²) in [5.74, 6) is 0.402. The normalized spacial score (nSPS) is 14.8. The molecule has 0 aliphatic carbocycles. The van der Waals surface area contributed by atoms with Crippen molar-refractivity contribution in [1.29, 1.82) is 0 Å². The topological polar surface area (TPSA) is 53.8 Å². The lowest BCUT2D eigenvalue weighted by atomic mass is 10.2. The van der Waals surface area contributed by atoms with Gasteiger partial charge in [-0.15, -0.1) is 11.6 Å². The van der Waals surface area contributed by atoms with Gasteiger partial charge in [0.05, 0.1) is 17.9 Å². The van der Waals surface area contributed by atoms with E-state index in [2.05, 4.69) is 16.8 Å². The standard InChI is InChI=1S/C22H31ClFN5O2/c1-17-20(16-28(21(30)15-23)8-5-13-31-3)22(27-11-9-26(2)10-12-27)29(25-17)19-7-4-6-18(24)14-19/h4,6-7,14H,5,8-13,15-16H2,1-3H3. The van der Waals surface area contributed by atoms with Crippen LogP contribution in [0.2, 0.25) is 0 Å². The van der Waals surface area contributed by atoms with E-state index in [1.165, 1.54) is 12.1 Å². The number of amides is 1. The first-order valence-electron chi connectivity index (χ1n) is 10.5. The second-order valence-electron chi connectivity index (χ2n) is 7.86. The second kappa shape index (κ2) is 10.9. The van der Waals surface area contributed by atoms with Gasteiger partial charge in [-0.1, -0.05) is 6.07 Å². The minimum Gasteiger partial charge on any atom is -0.385 e. The Hall–Kier alpha value is -2.16. The smallest absolute Gasteiger partial charge is 0.237 e. The molecule has 7 nitrogen and oxygen atoms in total. The van der Waals surface area contributed by atoms with Crippen molar-refractivity contribution in [2.24, 2.45) is 0 Å². The number of alkyl halides is 1. The summed E-state index contributed by atoms with van der Waals surface area (Å²) in [5, 5.41) is 4.75. The highest BCUT2D eigenvalue weighted by molar-refractivity contribution is 6.27. The minimum atomic E-state index is -0.310. The van der Waals surface area contributed by atoms with Gasteiger partial charge in [0.15, 0.2) is 0 Å². The van der Waals surface area contributed by atoms with Gasteiger partial charge in [-0.3, -0.25) is 4.79 Å². The van der Waals surface area contributed by atoms with Gasteiger partial charge < -0.3 is 19.4 Å². The lowest BCUT2D eigenvalue weighted by molar-refractivity contribution is -0.129. The van der Waals surface area contributed by atoms with Crippen LogP contribution in [-0.4, -0.2) is 84.9 Å². The number of hydrogen-bond acceptors (Lipinski definition) is 5. The Morgan fingerprint density at radius 3 is 2.68 bits per heavy atom. The van der Waals surface area contributed by atoms with E-state index >= 15 is 0 Å². The summed E-state index contributed by atoms with van der Waals surface area (Å²) in [4.78, 5) is 18.8. The predicted octanol–water partition coefficient (Wildman–Crippen LogP) is 2.68. The van der Waals surface area contributed by atoms with E-state index in [9.17, 15) is 9.18 Å². The molecule has 1 saturated heterocycles. The van der Waals surface area contributed by atoms with Gasteiger partial charge >= 0.3 is 0 Å². The Labute approximate surface area is 188 Å². The van der Waals surface area contributed by atoms with Crippen LogP contribution in [0.5, 0.6) is 0 Å². The van der Waals surface area contributed by atoms with Crippen LogP contribution in [0.25, 0.3) is 5.69 Å². The van der Waals surface area contributed by atoms with E-state index in [1.807, 2.05) is 13.0 Å². The van der Waals surface area contributed by atoms with Crippen LogP contribution >= 0.6 is 11.6 Å². The number of likely N-dealkylation sites (N-methyl/N-ethyl adjacent to an activating group) is 1. The molecule has 0 spiro atoms. The summed E-state index contributed by atoms with van der Waals surface area (Å²) in [6.45, 7) is 6.95. The van der Waals surface area contributed by atoms with Crippen LogP contribution < -0.4 is 4.90 Å². The summed E-state index contributed by atoms with van der Waals surface area (Å²) >= 11 is 5.89. The molecule has 0 bridgehead atoms. The van der Waals surface area contributed by atoms with E-state index < -0.39 is 0 Å². The van der Waals surface area contributed by atoms with E-state index in [0.29, 0.717) is 25.4 Å². The van der Waals surface area contributed by atoms with Crippen LogP contribution in [0.4, 0.5) is 10.2 Å². The van der Waals surface area contributed by atoms with Crippen molar-refractivity contribution in [3.05, 3.63) is 41.3 Å². The molecule has 1 aliphatic rings. The molecule has 0 radical (unpaired) electrons. The number of methoxy groups -OCH3 is 1. The lowest BCUT2D eigenvalue weighted by Crippen LogP contribution is -2.45. The average Bonchev–Trinajstić information content (AvgIpc) is 3.09. The summed E-state index contributed by atoms with van der Waals surface area (Å²) in [5.41, 5.74) is 2.44. The Balaban J connectivity index is 2.00. The molecule has 0 atom stereocenters. The average molecular weight is 452 g/mol. The molecule has 1 aliphatic heterocycles. The summed E-state index contributed by atoms with van der Waals surface area (Å²) in [7, 11) is 3.75. The highest BCUT2D eigenvalue weighted by Crippen LogP contribution is 2.30. The Bertz CT molecular complexity index is 883. The first-order valence-corrected chi connectivity index (χ1v) is 11.1. The number of carbonyl (C=O) groups is 1. The van der Waals surface area contributed by atoms with Crippen molar-refractivity contribution in [1.82, 2.24) is 19.6 Å².